The lowest BCUT2D eigenvalue weighted by atomic mass is 9.96. The van der Waals surface area contributed by atoms with Gasteiger partial charge >= 0.3 is 0 Å². The van der Waals surface area contributed by atoms with Gasteiger partial charge in [0, 0.05) is 24.5 Å². The van der Waals surface area contributed by atoms with E-state index in [1.807, 2.05) is 19.1 Å². The minimum Gasteiger partial charge on any atom is -0.507 e. The fourth-order valence-corrected chi connectivity index (χ4v) is 3.10. The number of hydrogen-bond donors (Lipinski definition) is 2. The third-order valence-electron chi connectivity index (χ3n) is 4.33. The number of nitrogens with zero attached hydrogens (tertiary/aromatic N) is 2. The highest BCUT2D eigenvalue weighted by Crippen LogP contribution is 2.39. The van der Waals surface area contributed by atoms with Gasteiger partial charge in [-0.25, -0.2) is 0 Å². The number of aliphatic hydroxyl groups excluding tert-OH is 2. The molecule has 0 radical (unpaired) electrons. The van der Waals surface area contributed by atoms with Crippen LogP contribution in [0.5, 0.6) is 0 Å². The summed E-state index contributed by atoms with van der Waals surface area (Å²) in [5.74, 6) is -1.74. The number of hydrogen-bond acceptors (Lipinski definition) is 5. The molecular weight excluding hydrogens is 332 g/mol. The molecule has 0 aliphatic carbocycles. The summed E-state index contributed by atoms with van der Waals surface area (Å²) in [6.07, 6.45) is 2.32. The van der Waals surface area contributed by atoms with Crippen LogP contribution < -0.4 is 0 Å². The number of benzene rings is 1. The van der Waals surface area contributed by atoms with Gasteiger partial charge in [-0.3, -0.25) is 14.6 Å². The Morgan fingerprint density at radius 2 is 1.92 bits per heavy atom. The fraction of sp³-hybridized carbons (Fsp3) is 0.250. The van der Waals surface area contributed by atoms with Crippen LogP contribution in [-0.2, 0) is 9.59 Å². The van der Waals surface area contributed by atoms with E-state index in [1.54, 1.807) is 43.6 Å². The van der Waals surface area contributed by atoms with Crippen LogP contribution >= 0.6 is 0 Å². The Balaban J connectivity index is 2.17. The number of rotatable bonds is 4. The molecule has 1 aliphatic rings. The van der Waals surface area contributed by atoms with Crippen molar-refractivity contribution in [3.8, 4) is 0 Å². The largest absolute Gasteiger partial charge is 0.507 e. The number of aromatic nitrogens is 1. The van der Waals surface area contributed by atoms with Gasteiger partial charge in [0.1, 0.15) is 5.76 Å². The first kappa shape index (κ1) is 17.8. The first-order chi connectivity index (χ1) is 12.4. The van der Waals surface area contributed by atoms with E-state index in [1.165, 1.54) is 4.90 Å². The van der Waals surface area contributed by atoms with Gasteiger partial charge in [0.2, 0.25) is 0 Å². The molecule has 2 atom stereocenters. The first-order valence-electron chi connectivity index (χ1n) is 8.33. The van der Waals surface area contributed by atoms with Crippen LogP contribution in [0.4, 0.5) is 0 Å². The fourth-order valence-electron chi connectivity index (χ4n) is 3.10. The summed E-state index contributed by atoms with van der Waals surface area (Å²) in [7, 11) is 0. The van der Waals surface area contributed by atoms with Gasteiger partial charge in [-0.1, -0.05) is 35.9 Å². The molecule has 0 spiro atoms. The van der Waals surface area contributed by atoms with Crippen molar-refractivity contribution < 1.29 is 19.8 Å². The molecule has 134 valence electrons. The van der Waals surface area contributed by atoms with Crippen molar-refractivity contribution in [2.24, 2.45) is 0 Å². The Morgan fingerprint density at radius 1 is 1.23 bits per heavy atom. The predicted octanol–water partition coefficient (Wildman–Crippen LogP) is 2.19. The molecule has 1 aromatic carbocycles. The zero-order chi connectivity index (χ0) is 18.8. The number of β-amino-alcohol motifs (C(OH)–C–C–N with tert-alkyl or cyclic N) is 1. The van der Waals surface area contributed by atoms with Crippen molar-refractivity contribution in [3.05, 3.63) is 71.1 Å². The number of amides is 1. The minimum absolute atomic E-state index is 0.00695. The van der Waals surface area contributed by atoms with Gasteiger partial charge < -0.3 is 15.1 Å². The summed E-state index contributed by atoms with van der Waals surface area (Å²) in [4.78, 5) is 30.5. The highest BCUT2D eigenvalue weighted by atomic mass is 16.3. The summed E-state index contributed by atoms with van der Waals surface area (Å²) in [6.45, 7) is 3.44. The van der Waals surface area contributed by atoms with E-state index in [0.717, 1.165) is 5.56 Å². The van der Waals surface area contributed by atoms with Crippen molar-refractivity contribution in [2.45, 2.75) is 26.0 Å². The Bertz CT molecular complexity index is 857. The van der Waals surface area contributed by atoms with Gasteiger partial charge in [-0.05, 0) is 25.5 Å². The smallest absolute Gasteiger partial charge is 0.295 e. The Kier molecular flexibility index (Phi) is 4.86. The summed E-state index contributed by atoms with van der Waals surface area (Å²) in [5.41, 5.74) is 2.08. The molecule has 1 aliphatic heterocycles. The molecule has 1 amide bonds. The molecule has 3 rings (SSSR count). The highest BCUT2D eigenvalue weighted by molar-refractivity contribution is 6.46. The molecule has 0 saturated carbocycles. The molecule has 2 N–H and O–H groups in total. The van der Waals surface area contributed by atoms with Crippen LogP contribution in [-0.4, -0.2) is 44.4 Å². The summed E-state index contributed by atoms with van der Waals surface area (Å²) in [5, 5.41) is 20.5. The Labute approximate surface area is 151 Å². The lowest BCUT2D eigenvalue weighted by molar-refractivity contribution is -0.140. The zero-order valence-electron chi connectivity index (χ0n) is 14.6. The third-order valence-corrected chi connectivity index (χ3v) is 4.33. The molecule has 2 heterocycles. The average Bonchev–Trinajstić information content (AvgIpc) is 2.87. The molecule has 0 unspecified atom stereocenters. The van der Waals surface area contributed by atoms with Gasteiger partial charge in [-0.15, -0.1) is 0 Å². The SMILES string of the molecule is Cc1ccc(C(O)=C2C(=O)C(=O)N(C[C@H](C)O)[C@@H]2c2cccnc2)cc1. The standard InChI is InChI=1S/C20H20N2O4/c1-12-5-7-14(8-6-12)18(24)16-17(15-4-3-9-21-10-15)22(11-13(2)23)20(26)19(16)25/h3-10,13,17,23-24H,11H2,1-2H3/t13-,17+/m0/s1. The van der Waals surface area contributed by atoms with Crippen LogP contribution in [0.25, 0.3) is 5.76 Å². The monoisotopic (exact) mass is 352 g/mol. The second kappa shape index (κ2) is 7.09. The van der Waals surface area contributed by atoms with Gasteiger partial charge in [0.25, 0.3) is 11.7 Å². The number of likely N-dealkylation sites (tertiary alicyclic amines) is 1. The number of carbonyl (C=O) groups excluding carboxylic acids is 2. The molecule has 6 heteroatoms. The molecule has 1 fully saturated rings. The maximum atomic E-state index is 12.7. The van der Waals surface area contributed by atoms with Crippen molar-refractivity contribution >= 4 is 17.4 Å². The molecule has 6 nitrogen and oxygen atoms in total. The van der Waals surface area contributed by atoms with E-state index in [0.29, 0.717) is 11.1 Å². The number of aryl methyl sites for hydroxylation is 1. The van der Waals surface area contributed by atoms with Gasteiger partial charge in [0.05, 0.1) is 17.7 Å². The van der Waals surface area contributed by atoms with Crippen molar-refractivity contribution in [1.29, 1.82) is 0 Å². The van der Waals surface area contributed by atoms with Crippen LogP contribution in [0.3, 0.4) is 0 Å². The molecular formula is C20H20N2O4. The number of aliphatic hydroxyl groups is 2. The Hall–Kier alpha value is -2.99. The van der Waals surface area contributed by atoms with Crippen LogP contribution in [0.1, 0.15) is 29.7 Å². The normalized spacial score (nSPS) is 20.4. The predicted molar refractivity (Wildman–Crippen MR) is 96.1 cm³/mol. The third kappa shape index (κ3) is 3.23. The summed E-state index contributed by atoms with van der Waals surface area (Å²) in [6, 6.07) is 9.68. The van der Waals surface area contributed by atoms with E-state index >= 15 is 0 Å². The van der Waals surface area contributed by atoms with Gasteiger partial charge in [0.15, 0.2) is 0 Å². The van der Waals surface area contributed by atoms with Crippen molar-refractivity contribution in [3.63, 3.8) is 0 Å². The zero-order valence-corrected chi connectivity index (χ0v) is 14.6. The lowest BCUT2D eigenvalue weighted by Crippen LogP contribution is -2.35. The van der Waals surface area contributed by atoms with E-state index in [9.17, 15) is 19.8 Å². The van der Waals surface area contributed by atoms with Crippen LogP contribution in [0, 0.1) is 6.92 Å². The van der Waals surface area contributed by atoms with E-state index < -0.39 is 23.8 Å². The van der Waals surface area contributed by atoms with Crippen LogP contribution in [0.2, 0.25) is 0 Å². The van der Waals surface area contributed by atoms with E-state index in [4.69, 9.17) is 0 Å². The number of pyridine rings is 1. The molecule has 2 aromatic rings. The van der Waals surface area contributed by atoms with Gasteiger partial charge in [-0.2, -0.15) is 0 Å². The number of ketones is 1. The second-order valence-corrected chi connectivity index (χ2v) is 6.45. The van der Waals surface area contributed by atoms with Crippen molar-refractivity contribution in [1.82, 2.24) is 9.88 Å². The maximum absolute atomic E-state index is 12.7. The van der Waals surface area contributed by atoms with Crippen molar-refractivity contribution in [2.75, 3.05) is 6.54 Å². The van der Waals surface area contributed by atoms with E-state index in [-0.39, 0.29) is 17.9 Å². The average molecular weight is 352 g/mol. The lowest BCUT2D eigenvalue weighted by Gasteiger charge is -2.26. The second-order valence-electron chi connectivity index (χ2n) is 6.45. The molecule has 0 bridgehead atoms. The summed E-state index contributed by atoms with van der Waals surface area (Å²) >= 11 is 0. The highest BCUT2D eigenvalue weighted by Gasteiger charge is 2.46. The topological polar surface area (TPSA) is 90.7 Å². The number of carbonyl (C=O) groups is 2. The molecule has 26 heavy (non-hydrogen) atoms. The van der Waals surface area contributed by atoms with Crippen LogP contribution in [0.15, 0.2) is 54.4 Å². The first-order valence-corrected chi connectivity index (χ1v) is 8.33. The van der Waals surface area contributed by atoms with E-state index in [2.05, 4.69) is 4.98 Å². The minimum atomic E-state index is -0.813. The number of Topliss-reactive ketones (excluding diaryl/α,β-unsaturated/α-hetero) is 1. The quantitative estimate of drug-likeness (QED) is 0.500. The maximum Gasteiger partial charge on any atom is 0.295 e. The Morgan fingerprint density at radius 3 is 2.50 bits per heavy atom. The molecule has 1 saturated heterocycles. The molecule has 1 aromatic heterocycles. The summed E-state index contributed by atoms with van der Waals surface area (Å²) < 4.78 is 0.